The van der Waals surface area contributed by atoms with Crippen LogP contribution in [0.1, 0.15) is 11.4 Å². The number of H-pyrrole nitrogens is 1. The van der Waals surface area contributed by atoms with E-state index in [4.69, 9.17) is 9.47 Å². The summed E-state index contributed by atoms with van der Waals surface area (Å²) in [6, 6.07) is 7.75. The Kier molecular flexibility index (Phi) is 2.48. The molecule has 1 atom stereocenters. The molecule has 1 aromatic carbocycles. The number of nitrogens with one attached hydrogen (secondary N) is 1. The minimum atomic E-state index is 0.0342. The van der Waals surface area contributed by atoms with Crippen LogP contribution >= 0.6 is 0 Å². The summed E-state index contributed by atoms with van der Waals surface area (Å²) in [5.41, 5.74) is 2.13. The summed E-state index contributed by atoms with van der Waals surface area (Å²) in [5.74, 6) is 1.64. The fraction of sp³-hybridized carbons (Fsp3) is 0.308. The lowest BCUT2D eigenvalue weighted by atomic mass is 10.1. The fourth-order valence-corrected chi connectivity index (χ4v) is 1.97. The Hall–Kier alpha value is -1.97. The fourth-order valence-electron chi connectivity index (χ4n) is 1.97. The zero-order valence-corrected chi connectivity index (χ0v) is 9.64. The zero-order chi connectivity index (χ0) is 11.7. The van der Waals surface area contributed by atoms with Gasteiger partial charge in [0.25, 0.3) is 0 Å². The number of nitrogens with zero attached hydrogens (tertiary/aromatic N) is 1. The number of hydrogen-bond acceptors (Lipinski definition) is 3. The zero-order valence-electron chi connectivity index (χ0n) is 9.64. The van der Waals surface area contributed by atoms with Crippen molar-refractivity contribution in [2.75, 3.05) is 6.61 Å². The van der Waals surface area contributed by atoms with Gasteiger partial charge < -0.3 is 14.5 Å². The largest absolute Gasteiger partial charge is 0.486 e. The van der Waals surface area contributed by atoms with Crippen LogP contribution in [0.15, 0.2) is 30.6 Å². The van der Waals surface area contributed by atoms with Crippen LogP contribution in [0.4, 0.5) is 0 Å². The maximum Gasteiger partial charge on any atom is 0.161 e. The molecule has 2 heterocycles. The van der Waals surface area contributed by atoms with Gasteiger partial charge in [-0.3, -0.25) is 0 Å². The van der Waals surface area contributed by atoms with Crippen LogP contribution in [0, 0.1) is 6.92 Å². The molecule has 3 rings (SSSR count). The summed E-state index contributed by atoms with van der Waals surface area (Å²) >= 11 is 0. The highest BCUT2D eigenvalue weighted by Gasteiger charge is 2.22. The molecule has 0 aliphatic carbocycles. The second-order valence-corrected chi connectivity index (χ2v) is 4.18. The number of aromatic amines is 1. The summed E-state index contributed by atoms with van der Waals surface area (Å²) in [7, 11) is 0. The average Bonchev–Trinajstić information content (AvgIpc) is 2.75. The third kappa shape index (κ3) is 1.98. The number of hydrogen-bond donors (Lipinski definition) is 1. The molecule has 88 valence electrons. The Morgan fingerprint density at radius 3 is 2.94 bits per heavy atom. The predicted molar refractivity (Wildman–Crippen MR) is 63.4 cm³/mol. The molecule has 1 N–H and O–H groups in total. The van der Waals surface area contributed by atoms with Crippen LogP contribution in [0.2, 0.25) is 0 Å². The molecule has 0 spiro atoms. The molecule has 1 aliphatic heterocycles. The van der Waals surface area contributed by atoms with Crippen molar-refractivity contribution in [2.24, 2.45) is 0 Å². The summed E-state index contributed by atoms with van der Waals surface area (Å²) in [6.07, 6.45) is 2.51. The van der Waals surface area contributed by atoms with Gasteiger partial charge in [-0.15, -0.1) is 0 Å². The van der Waals surface area contributed by atoms with Crippen LogP contribution in [0.25, 0.3) is 0 Å². The molecule has 0 amide bonds. The summed E-state index contributed by atoms with van der Waals surface area (Å²) in [6.45, 7) is 2.59. The number of imidazole rings is 1. The number of aromatic nitrogens is 2. The molecule has 1 unspecified atom stereocenters. The van der Waals surface area contributed by atoms with Crippen molar-refractivity contribution in [2.45, 2.75) is 19.4 Å². The number of rotatable bonds is 2. The Labute approximate surface area is 99.6 Å². The van der Waals surface area contributed by atoms with Crippen LogP contribution in [0.5, 0.6) is 11.5 Å². The van der Waals surface area contributed by atoms with Gasteiger partial charge in [0.2, 0.25) is 0 Å². The molecule has 17 heavy (non-hydrogen) atoms. The molecule has 1 aliphatic rings. The lowest BCUT2D eigenvalue weighted by Crippen LogP contribution is -2.31. The predicted octanol–water partition coefficient (Wildman–Crippen LogP) is 2.10. The number of benzene rings is 1. The smallest absolute Gasteiger partial charge is 0.161 e. The van der Waals surface area contributed by atoms with Crippen molar-refractivity contribution in [1.29, 1.82) is 0 Å². The molecular formula is C13H14N2O2. The van der Waals surface area contributed by atoms with Crippen molar-refractivity contribution in [1.82, 2.24) is 9.97 Å². The first-order valence-corrected chi connectivity index (χ1v) is 5.70. The third-order valence-corrected chi connectivity index (χ3v) is 2.92. The van der Waals surface area contributed by atoms with Gasteiger partial charge in [-0.25, -0.2) is 4.98 Å². The number of ether oxygens (including phenoxy) is 2. The van der Waals surface area contributed by atoms with E-state index < -0.39 is 0 Å². The van der Waals surface area contributed by atoms with Gasteiger partial charge in [-0.05, 0) is 19.1 Å². The van der Waals surface area contributed by atoms with E-state index in [-0.39, 0.29) is 6.10 Å². The molecule has 0 saturated heterocycles. The molecule has 1 aromatic heterocycles. The van der Waals surface area contributed by atoms with E-state index in [0.717, 1.165) is 29.3 Å². The molecule has 0 fully saturated rings. The van der Waals surface area contributed by atoms with Crippen LogP contribution in [0.3, 0.4) is 0 Å². The highest BCUT2D eigenvalue weighted by Crippen LogP contribution is 2.31. The number of para-hydroxylation sites is 2. The van der Waals surface area contributed by atoms with Crippen molar-refractivity contribution in [3.8, 4) is 11.5 Å². The van der Waals surface area contributed by atoms with Crippen LogP contribution in [-0.2, 0) is 6.42 Å². The minimum Gasteiger partial charge on any atom is -0.486 e. The molecule has 2 aromatic rings. The number of aryl methyl sites for hydroxylation is 1. The van der Waals surface area contributed by atoms with Gasteiger partial charge in [0, 0.05) is 12.1 Å². The highest BCUT2D eigenvalue weighted by molar-refractivity contribution is 5.40. The van der Waals surface area contributed by atoms with Gasteiger partial charge in [0.1, 0.15) is 12.7 Å². The second kappa shape index (κ2) is 4.13. The van der Waals surface area contributed by atoms with Crippen LogP contribution in [-0.4, -0.2) is 22.7 Å². The monoisotopic (exact) mass is 230 g/mol. The first-order chi connectivity index (χ1) is 8.33. The average molecular weight is 230 g/mol. The Morgan fingerprint density at radius 1 is 1.35 bits per heavy atom. The molecule has 0 radical (unpaired) electrons. The molecule has 4 nitrogen and oxygen atoms in total. The van der Waals surface area contributed by atoms with Gasteiger partial charge in [-0.2, -0.15) is 0 Å². The normalized spacial score (nSPS) is 18.1. The Morgan fingerprint density at radius 2 is 2.18 bits per heavy atom. The van der Waals surface area contributed by atoms with Gasteiger partial charge >= 0.3 is 0 Å². The van der Waals surface area contributed by atoms with E-state index in [1.165, 1.54) is 0 Å². The van der Waals surface area contributed by atoms with Crippen molar-refractivity contribution < 1.29 is 9.47 Å². The van der Waals surface area contributed by atoms with Gasteiger partial charge in [0.05, 0.1) is 12.0 Å². The van der Waals surface area contributed by atoms with Gasteiger partial charge in [-0.1, -0.05) is 12.1 Å². The molecule has 0 saturated carbocycles. The van der Waals surface area contributed by atoms with Gasteiger partial charge in [0.15, 0.2) is 11.5 Å². The van der Waals surface area contributed by atoms with Crippen LogP contribution < -0.4 is 9.47 Å². The van der Waals surface area contributed by atoms with Crippen molar-refractivity contribution in [3.63, 3.8) is 0 Å². The van der Waals surface area contributed by atoms with E-state index in [9.17, 15) is 0 Å². The van der Waals surface area contributed by atoms with Crippen molar-refractivity contribution >= 4 is 0 Å². The van der Waals surface area contributed by atoms with E-state index in [1.807, 2.05) is 31.2 Å². The first kappa shape index (κ1) is 10.2. The summed E-state index contributed by atoms with van der Waals surface area (Å²) in [4.78, 5) is 7.34. The summed E-state index contributed by atoms with van der Waals surface area (Å²) < 4.78 is 11.5. The Balaban J connectivity index is 1.74. The SMILES string of the molecule is Cc1[nH]cnc1CC1COc2ccccc2O1. The van der Waals surface area contributed by atoms with Crippen molar-refractivity contribution in [3.05, 3.63) is 42.0 Å². The second-order valence-electron chi connectivity index (χ2n) is 4.18. The molecular weight excluding hydrogens is 216 g/mol. The van der Waals surface area contributed by atoms with E-state index in [0.29, 0.717) is 6.61 Å². The Bertz CT molecular complexity index is 522. The lowest BCUT2D eigenvalue weighted by Gasteiger charge is -2.26. The highest BCUT2D eigenvalue weighted by atomic mass is 16.6. The molecule has 4 heteroatoms. The third-order valence-electron chi connectivity index (χ3n) is 2.92. The standard InChI is InChI=1S/C13H14N2O2/c1-9-11(15-8-14-9)6-10-7-16-12-4-2-3-5-13(12)17-10/h2-5,8,10H,6-7H2,1H3,(H,14,15). The maximum atomic E-state index is 5.88. The first-order valence-electron chi connectivity index (χ1n) is 5.70. The van der Waals surface area contributed by atoms with E-state index in [2.05, 4.69) is 9.97 Å². The minimum absolute atomic E-state index is 0.0342. The summed E-state index contributed by atoms with van der Waals surface area (Å²) in [5, 5.41) is 0. The quantitative estimate of drug-likeness (QED) is 0.859. The number of fused-ring (bicyclic) bond motifs is 1. The lowest BCUT2D eigenvalue weighted by molar-refractivity contribution is 0.0906. The molecule has 0 bridgehead atoms. The van der Waals surface area contributed by atoms with E-state index >= 15 is 0 Å². The maximum absolute atomic E-state index is 5.88. The van der Waals surface area contributed by atoms with E-state index in [1.54, 1.807) is 6.33 Å². The topological polar surface area (TPSA) is 47.1 Å².